The minimum atomic E-state index is -6.37. The van der Waals surface area contributed by atoms with E-state index in [0.29, 0.717) is 16.3 Å². The number of nitrogens with zero attached hydrogens (tertiary/aromatic N) is 3. The summed E-state index contributed by atoms with van der Waals surface area (Å²) in [7, 11) is -2.89. The van der Waals surface area contributed by atoms with Gasteiger partial charge in [0.1, 0.15) is 11.1 Å². The first-order valence-corrected chi connectivity index (χ1v) is 11.4. The molecule has 0 aliphatic heterocycles. The number of halogens is 8. The fourth-order valence-electron chi connectivity index (χ4n) is 3.19. The largest absolute Gasteiger partial charge is 0.433 e. The van der Waals surface area contributed by atoms with Crippen LogP contribution in [0.15, 0.2) is 23.4 Å². The number of hydrogen-bond acceptors (Lipinski definition) is 4. The second-order valence-electron chi connectivity index (χ2n) is 7.43. The molecular weight excluding hydrogens is 491 g/mol. The Hall–Kier alpha value is -1.89. The Morgan fingerprint density at radius 1 is 1.09 bits per heavy atom. The Balaban J connectivity index is 2.16. The summed E-state index contributed by atoms with van der Waals surface area (Å²) in [5.74, 6) is -0.579. The van der Waals surface area contributed by atoms with Crippen molar-refractivity contribution >= 4 is 21.4 Å². The number of aromatic nitrogens is 3. The molecule has 2 aromatic heterocycles. The van der Waals surface area contributed by atoms with Crippen LogP contribution in [0.5, 0.6) is 0 Å². The molecule has 0 radical (unpaired) electrons. The van der Waals surface area contributed by atoms with Crippen molar-refractivity contribution in [3.8, 4) is 11.5 Å². The fraction of sp³-hybridized carbons (Fsp3) is 0.556. The van der Waals surface area contributed by atoms with E-state index in [2.05, 4.69) is 9.97 Å². The zero-order valence-corrected chi connectivity index (χ0v) is 18.2. The lowest BCUT2D eigenvalue weighted by Gasteiger charge is -2.33. The molecule has 1 aliphatic carbocycles. The molecule has 5 nitrogen and oxygen atoms in total. The maximum atomic E-state index is 14.4. The van der Waals surface area contributed by atoms with Crippen molar-refractivity contribution < 1.29 is 39.2 Å². The summed E-state index contributed by atoms with van der Waals surface area (Å²) >= 11 is 5.41. The monoisotopic (exact) mass is 507 g/mol. The van der Waals surface area contributed by atoms with Crippen molar-refractivity contribution in [1.29, 1.82) is 0 Å². The van der Waals surface area contributed by atoms with Gasteiger partial charge in [0.05, 0.1) is 22.5 Å². The van der Waals surface area contributed by atoms with Crippen LogP contribution in [-0.2, 0) is 16.9 Å². The van der Waals surface area contributed by atoms with Crippen molar-refractivity contribution in [1.82, 2.24) is 14.5 Å². The molecule has 0 N–H and O–H groups in total. The first-order chi connectivity index (χ1) is 14.6. The number of imidazole rings is 1. The molecule has 3 rings (SSSR count). The Bertz CT molecular complexity index is 1110. The van der Waals surface area contributed by atoms with E-state index >= 15 is 0 Å². The third kappa shape index (κ3) is 3.97. The lowest BCUT2D eigenvalue weighted by atomic mass is 9.97. The molecule has 178 valence electrons. The Morgan fingerprint density at radius 3 is 2.12 bits per heavy atom. The van der Waals surface area contributed by atoms with Gasteiger partial charge in [-0.25, -0.2) is 17.8 Å². The lowest BCUT2D eigenvalue weighted by molar-refractivity contribution is -0.342. The van der Waals surface area contributed by atoms with Gasteiger partial charge in [-0.2, -0.15) is 26.3 Å². The molecule has 0 aromatic carbocycles. The summed E-state index contributed by atoms with van der Waals surface area (Å²) in [4.78, 5) is 7.54. The highest BCUT2D eigenvalue weighted by Gasteiger charge is 2.76. The predicted octanol–water partition coefficient (Wildman–Crippen LogP) is 5.27. The second-order valence-corrected chi connectivity index (χ2v) is 10.1. The molecule has 0 bridgehead atoms. The molecule has 14 heteroatoms. The molecule has 32 heavy (non-hydrogen) atoms. The van der Waals surface area contributed by atoms with Crippen LogP contribution in [0.2, 0.25) is 0 Å². The highest BCUT2D eigenvalue weighted by Crippen LogP contribution is 2.55. The van der Waals surface area contributed by atoms with E-state index in [1.54, 1.807) is 0 Å². The molecule has 2 aromatic rings. The van der Waals surface area contributed by atoms with E-state index in [1.807, 2.05) is 0 Å². The van der Waals surface area contributed by atoms with Gasteiger partial charge in [-0.1, -0.05) is 6.92 Å². The van der Waals surface area contributed by atoms with Gasteiger partial charge < -0.3 is 4.57 Å². The fourth-order valence-corrected chi connectivity index (χ4v) is 4.71. The van der Waals surface area contributed by atoms with Crippen molar-refractivity contribution in [3.63, 3.8) is 0 Å². The lowest BCUT2D eigenvalue weighted by Crippen LogP contribution is -2.56. The van der Waals surface area contributed by atoms with E-state index in [9.17, 15) is 39.2 Å². The number of pyridine rings is 1. The van der Waals surface area contributed by atoms with Crippen LogP contribution in [0.3, 0.4) is 0 Å². The van der Waals surface area contributed by atoms with Crippen LogP contribution >= 0.6 is 11.6 Å². The average Bonchev–Trinajstić information content (AvgIpc) is 3.47. The van der Waals surface area contributed by atoms with Gasteiger partial charge in [0, 0.05) is 13.2 Å². The zero-order valence-electron chi connectivity index (χ0n) is 16.6. The molecule has 0 unspecified atom stereocenters. The Morgan fingerprint density at radius 2 is 1.66 bits per heavy atom. The van der Waals surface area contributed by atoms with Crippen LogP contribution in [-0.4, -0.2) is 46.7 Å². The van der Waals surface area contributed by atoms with Gasteiger partial charge in [-0.3, -0.25) is 4.98 Å². The number of rotatable bonds is 6. The van der Waals surface area contributed by atoms with Crippen LogP contribution in [0.4, 0.5) is 30.7 Å². The van der Waals surface area contributed by atoms with E-state index < -0.39 is 38.9 Å². The summed E-state index contributed by atoms with van der Waals surface area (Å²) in [6.07, 6.45) is -9.16. The summed E-state index contributed by atoms with van der Waals surface area (Å²) in [6, 6.07) is 1.37. The van der Waals surface area contributed by atoms with E-state index in [4.69, 9.17) is 11.6 Å². The first kappa shape index (κ1) is 24.7. The van der Waals surface area contributed by atoms with Crippen molar-refractivity contribution in [3.05, 3.63) is 29.7 Å². The van der Waals surface area contributed by atoms with E-state index in [1.165, 1.54) is 19.2 Å². The summed E-state index contributed by atoms with van der Waals surface area (Å²) in [6.45, 7) is 1.37. The standard InChI is InChI=1S/C18H17ClF7N3O2S/c1-3-32(30,31)12-6-10(9-4-5-9)7-27-13(12)15-28-8-11(29(15)2)14(19)16(20,17(21,22)23)18(24,25)26/h6-9,14H,3-5H2,1-2H3/t14-/m1/s1. The quantitative estimate of drug-likeness (QED) is 0.395. The molecule has 1 atom stereocenters. The van der Waals surface area contributed by atoms with Crippen molar-refractivity contribution in [2.75, 3.05) is 5.75 Å². The van der Waals surface area contributed by atoms with Crippen molar-refractivity contribution in [2.24, 2.45) is 7.05 Å². The summed E-state index contributed by atoms with van der Waals surface area (Å²) in [5, 5.41) is -3.24. The van der Waals surface area contributed by atoms with Gasteiger partial charge in [0.2, 0.25) is 0 Å². The summed E-state index contributed by atoms with van der Waals surface area (Å²) in [5.41, 5.74) is -6.36. The van der Waals surface area contributed by atoms with Crippen LogP contribution in [0.25, 0.3) is 11.5 Å². The summed E-state index contributed by atoms with van der Waals surface area (Å²) < 4.78 is 119. The van der Waals surface area contributed by atoms with Crippen LogP contribution in [0, 0.1) is 0 Å². The van der Waals surface area contributed by atoms with Crippen LogP contribution in [0.1, 0.15) is 42.3 Å². The predicted molar refractivity (Wildman–Crippen MR) is 101 cm³/mol. The third-order valence-electron chi connectivity index (χ3n) is 5.31. The molecular formula is C18H17ClF7N3O2S. The van der Waals surface area contributed by atoms with Crippen molar-refractivity contribution in [2.45, 2.75) is 54.0 Å². The Kier molecular flexibility index (Phi) is 6.08. The first-order valence-electron chi connectivity index (χ1n) is 9.27. The smallest absolute Gasteiger partial charge is 0.328 e. The highest BCUT2D eigenvalue weighted by molar-refractivity contribution is 7.91. The SMILES string of the molecule is CCS(=O)(=O)c1cc(C2CC2)cnc1-c1ncc([C@@H](Cl)C(F)(C(F)(F)F)C(F)(F)F)n1C. The maximum Gasteiger partial charge on any atom is 0.433 e. The normalized spacial score (nSPS) is 16.9. The molecule has 0 amide bonds. The minimum absolute atomic E-state index is 0.122. The number of alkyl halides is 8. The van der Waals surface area contributed by atoms with Gasteiger partial charge in [0.25, 0.3) is 0 Å². The average molecular weight is 508 g/mol. The van der Waals surface area contributed by atoms with E-state index in [0.717, 1.165) is 19.9 Å². The molecule has 0 saturated heterocycles. The molecule has 2 heterocycles. The number of sulfone groups is 1. The second kappa shape index (κ2) is 7.86. The molecule has 0 spiro atoms. The van der Waals surface area contributed by atoms with Gasteiger partial charge >= 0.3 is 18.0 Å². The third-order valence-corrected chi connectivity index (χ3v) is 7.57. The van der Waals surface area contributed by atoms with Gasteiger partial charge in [-0.05, 0) is 30.4 Å². The number of hydrogen-bond donors (Lipinski definition) is 0. The molecule has 1 fully saturated rings. The topological polar surface area (TPSA) is 64.8 Å². The van der Waals surface area contributed by atoms with Gasteiger partial charge in [-0.15, -0.1) is 11.6 Å². The maximum absolute atomic E-state index is 14.4. The zero-order chi connectivity index (χ0) is 24.3. The highest BCUT2D eigenvalue weighted by atomic mass is 35.5. The molecule has 1 aliphatic rings. The van der Waals surface area contributed by atoms with Gasteiger partial charge in [0.15, 0.2) is 15.7 Å². The minimum Gasteiger partial charge on any atom is -0.328 e. The van der Waals surface area contributed by atoms with Crippen LogP contribution < -0.4 is 0 Å². The van der Waals surface area contributed by atoms with E-state index in [-0.39, 0.29) is 28.1 Å². The molecule has 1 saturated carbocycles. The Labute approximate surface area is 183 Å².